The molecule has 0 aliphatic rings. The number of rotatable bonds is 6. The summed E-state index contributed by atoms with van der Waals surface area (Å²) < 4.78 is 25.7. The summed E-state index contributed by atoms with van der Waals surface area (Å²) in [6, 6.07) is 23.6. The van der Waals surface area contributed by atoms with E-state index in [2.05, 4.69) is 15.0 Å². The van der Waals surface area contributed by atoms with Gasteiger partial charge < -0.3 is 0 Å². The van der Waals surface area contributed by atoms with Gasteiger partial charge >= 0.3 is 0 Å². The quantitative estimate of drug-likeness (QED) is 0.423. The van der Waals surface area contributed by atoms with Crippen LogP contribution < -0.4 is 0 Å². The molecule has 0 bridgehead atoms. The van der Waals surface area contributed by atoms with E-state index in [0.29, 0.717) is 16.5 Å². The van der Waals surface area contributed by atoms with E-state index in [1.165, 1.54) is 11.8 Å². The Labute approximate surface area is 173 Å². The van der Waals surface area contributed by atoms with E-state index in [9.17, 15) is 8.42 Å². The third-order valence-corrected chi connectivity index (χ3v) is 6.67. The predicted molar refractivity (Wildman–Crippen MR) is 113 cm³/mol. The number of sulfone groups is 1. The Bertz CT molecular complexity index is 1200. The molecule has 4 aromatic rings. The van der Waals surface area contributed by atoms with Gasteiger partial charge in [-0.3, -0.25) is 4.98 Å². The molecule has 0 saturated heterocycles. The fraction of sp³-hybridized carbons (Fsp3) is 0.0455. The molecule has 0 saturated carbocycles. The highest BCUT2D eigenvalue weighted by Crippen LogP contribution is 2.29. The first-order chi connectivity index (χ1) is 14.1. The van der Waals surface area contributed by atoms with Crippen LogP contribution in [0.25, 0.3) is 11.4 Å². The molecule has 0 unspecified atom stereocenters. The Kier molecular flexibility index (Phi) is 5.69. The van der Waals surface area contributed by atoms with Crippen LogP contribution in [0.15, 0.2) is 106 Å². The minimum Gasteiger partial charge on any atom is -0.264 e. The highest BCUT2D eigenvalue weighted by atomic mass is 32.2. The molecule has 0 fully saturated rings. The molecule has 5 nitrogen and oxygen atoms in total. The van der Waals surface area contributed by atoms with Gasteiger partial charge in [0, 0.05) is 22.9 Å². The van der Waals surface area contributed by atoms with E-state index < -0.39 is 9.84 Å². The normalized spacial score (nSPS) is 11.3. The van der Waals surface area contributed by atoms with E-state index in [-0.39, 0.29) is 10.6 Å². The Hall–Kier alpha value is -3.03. The van der Waals surface area contributed by atoms with Gasteiger partial charge in [-0.15, -0.1) is 0 Å². The smallest absolute Gasteiger partial charge is 0.184 e. The first kappa shape index (κ1) is 19.3. The lowest BCUT2D eigenvalue weighted by Crippen LogP contribution is -2.08. The van der Waals surface area contributed by atoms with Crippen molar-refractivity contribution in [3.63, 3.8) is 0 Å². The summed E-state index contributed by atoms with van der Waals surface area (Å²) in [5.74, 6) is 0.257. The second-order valence-electron chi connectivity index (χ2n) is 6.25. The van der Waals surface area contributed by atoms with Gasteiger partial charge in [-0.25, -0.2) is 18.4 Å². The van der Waals surface area contributed by atoms with Crippen molar-refractivity contribution in [3.05, 3.63) is 97.0 Å². The molecule has 2 aromatic heterocycles. The van der Waals surface area contributed by atoms with Gasteiger partial charge in [0.1, 0.15) is 5.03 Å². The molecule has 0 radical (unpaired) electrons. The van der Waals surface area contributed by atoms with Crippen molar-refractivity contribution in [2.75, 3.05) is 0 Å². The van der Waals surface area contributed by atoms with Crippen LogP contribution in [-0.4, -0.2) is 23.4 Å². The molecular formula is C22H17N3O2S2. The number of benzene rings is 2. The number of nitrogens with zero attached hydrogens (tertiary/aromatic N) is 3. The third-order valence-electron chi connectivity index (χ3n) is 4.08. The van der Waals surface area contributed by atoms with Gasteiger partial charge in [0.2, 0.25) is 0 Å². The molecule has 7 heteroatoms. The summed E-state index contributed by atoms with van der Waals surface area (Å²) in [7, 11) is -3.52. The highest BCUT2D eigenvalue weighted by Gasteiger charge is 2.18. The SMILES string of the molecule is O=S(=O)(Cc1cc(Sc2ccccc2)nc(-c2cccnc2)n1)c1ccccc1. The van der Waals surface area contributed by atoms with Crippen LogP contribution in [0.1, 0.15) is 5.69 Å². The van der Waals surface area contributed by atoms with Crippen LogP contribution in [0.3, 0.4) is 0 Å². The van der Waals surface area contributed by atoms with E-state index in [0.717, 1.165) is 10.5 Å². The lowest BCUT2D eigenvalue weighted by Gasteiger charge is -2.09. The molecule has 0 spiro atoms. The summed E-state index contributed by atoms with van der Waals surface area (Å²) in [5, 5.41) is 0.684. The van der Waals surface area contributed by atoms with Crippen molar-refractivity contribution in [3.8, 4) is 11.4 Å². The summed E-state index contributed by atoms with van der Waals surface area (Å²) in [4.78, 5) is 14.5. The summed E-state index contributed by atoms with van der Waals surface area (Å²) >= 11 is 1.47. The lowest BCUT2D eigenvalue weighted by atomic mass is 10.2. The van der Waals surface area contributed by atoms with Crippen LogP contribution in [0, 0.1) is 0 Å². The molecule has 144 valence electrons. The monoisotopic (exact) mass is 419 g/mol. The van der Waals surface area contributed by atoms with E-state index in [1.54, 1.807) is 54.9 Å². The number of aromatic nitrogens is 3. The number of hydrogen-bond acceptors (Lipinski definition) is 6. The molecule has 29 heavy (non-hydrogen) atoms. The molecule has 0 atom stereocenters. The van der Waals surface area contributed by atoms with Gasteiger partial charge in [-0.1, -0.05) is 48.2 Å². The lowest BCUT2D eigenvalue weighted by molar-refractivity contribution is 0.594. The maximum absolute atomic E-state index is 12.8. The van der Waals surface area contributed by atoms with Crippen molar-refractivity contribution in [2.45, 2.75) is 20.6 Å². The van der Waals surface area contributed by atoms with Gasteiger partial charge in [-0.05, 0) is 42.5 Å². The second-order valence-corrected chi connectivity index (χ2v) is 9.33. The van der Waals surface area contributed by atoms with Gasteiger partial charge in [0.15, 0.2) is 15.7 Å². The number of pyridine rings is 1. The fourth-order valence-corrected chi connectivity index (χ4v) is 4.88. The van der Waals surface area contributed by atoms with Gasteiger partial charge in [-0.2, -0.15) is 0 Å². The highest BCUT2D eigenvalue weighted by molar-refractivity contribution is 7.99. The van der Waals surface area contributed by atoms with Crippen LogP contribution in [0.5, 0.6) is 0 Å². The Morgan fingerprint density at radius 1 is 0.828 bits per heavy atom. The van der Waals surface area contributed by atoms with Crippen LogP contribution in [0.2, 0.25) is 0 Å². The maximum Gasteiger partial charge on any atom is 0.184 e. The molecule has 0 amide bonds. The van der Waals surface area contributed by atoms with E-state index in [1.807, 2.05) is 36.4 Å². The van der Waals surface area contributed by atoms with Crippen molar-refractivity contribution in [2.24, 2.45) is 0 Å². The first-order valence-electron chi connectivity index (χ1n) is 8.89. The Balaban J connectivity index is 1.73. The largest absolute Gasteiger partial charge is 0.264 e. The van der Waals surface area contributed by atoms with Crippen molar-refractivity contribution >= 4 is 21.6 Å². The van der Waals surface area contributed by atoms with Gasteiger partial charge in [0.25, 0.3) is 0 Å². The van der Waals surface area contributed by atoms with E-state index in [4.69, 9.17) is 0 Å². The Morgan fingerprint density at radius 3 is 2.24 bits per heavy atom. The molecular weight excluding hydrogens is 402 g/mol. The molecule has 2 aromatic carbocycles. The third kappa shape index (κ3) is 4.88. The average molecular weight is 420 g/mol. The summed E-state index contributed by atoms with van der Waals surface area (Å²) in [6.07, 6.45) is 3.34. The zero-order valence-corrected chi connectivity index (χ0v) is 17.0. The van der Waals surface area contributed by atoms with Crippen molar-refractivity contribution < 1.29 is 8.42 Å². The number of hydrogen-bond donors (Lipinski definition) is 0. The van der Waals surface area contributed by atoms with Crippen LogP contribution in [0.4, 0.5) is 0 Å². The maximum atomic E-state index is 12.8. The zero-order chi connectivity index (χ0) is 20.1. The van der Waals surface area contributed by atoms with E-state index >= 15 is 0 Å². The zero-order valence-electron chi connectivity index (χ0n) is 15.3. The molecule has 0 aliphatic heterocycles. The predicted octanol–water partition coefficient (Wildman–Crippen LogP) is 4.66. The standard InChI is InChI=1S/C22H17N3O2S2/c26-29(27,20-11-5-2-6-12-20)16-18-14-21(28-19-9-3-1-4-10-19)25-22(24-18)17-8-7-13-23-15-17/h1-15H,16H2. The van der Waals surface area contributed by atoms with Crippen molar-refractivity contribution in [1.29, 1.82) is 0 Å². The summed E-state index contributed by atoms with van der Waals surface area (Å²) in [6.45, 7) is 0. The summed E-state index contributed by atoms with van der Waals surface area (Å²) in [5.41, 5.74) is 1.18. The fourth-order valence-electron chi connectivity index (χ4n) is 2.74. The molecule has 2 heterocycles. The first-order valence-corrected chi connectivity index (χ1v) is 11.4. The minimum absolute atomic E-state index is 0.199. The van der Waals surface area contributed by atoms with Crippen LogP contribution in [-0.2, 0) is 15.6 Å². The minimum atomic E-state index is -3.52. The second kappa shape index (κ2) is 8.55. The average Bonchev–Trinajstić information content (AvgIpc) is 2.75. The molecule has 4 rings (SSSR count). The van der Waals surface area contributed by atoms with Crippen LogP contribution >= 0.6 is 11.8 Å². The van der Waals surface area contributed by atoms with Crippen molar-refractivity contribution in [1.82, 2.24) is 15.0 Å². The van der Waals surface area contributed by atoms with Gasteiger partial charge in [0.05, 0.1) is 16.3 Å². The Morgan fingerprint density at radius 2 is 1.55 bits per heavy atom. The molecule has 0 aliphatic carbocycles. The topological polar surface area (TPSA) is 72.8 Å². The molecule has 0 N–H and O–H groups in total.